The first-order valence-electron chi connectivity index (χ1n) is 3.25. The van der Waals surface area contributed by atoms with Crippen molar-refractivity contribution in [2.45, 2.75) is 25.5 Å². The lowest BCUT2D eigenvalue weighted by molar-refractivity contribution is 0.560. The lowest BCUT2D eigenvalue weighted by atomic mass is 10.1. The molecule has 0 aromatic heterocycles. The van der Waals surface area contributed by atoms with Crippen LogP contribution in [0.25, 0.3) is 0 Å². The Morgan fingerprint density at radius 3 is 2.00 bits per heavy atom. The summed E-state index contributed by atoms with van der Waals surface area (Å²) in [7, 11) is -2.67. The van der Waals surface area contributed by atoms with Gasteiger partial charge in [0.05, 0.1) is 11.0 Å². The molecule has 0 radical (unpaired) electrons. The van der Waals surface area contributed by atoms with E-state index < -0.39 is 9.84 Å². The van der Waals surface area contributed by atoms with E-state index in [-0.39, 0.29) is 5.25 Å². The van der Waals surface area contributed by atoms with Gasteiger partial charge >= 0.3 is 0 Å². The summed E-state index contributed by atoms with van der Waals surface area (Å²) in [5.74, 6) is 0.769. The molecule has 0 bridgehead atoms. The molecule has 0 amide bonds. The lowest BCUT2D eigenvalue weighted by Crippen LogP contribution is -2.15. The molecule has 3 heteroatoms. The maximum atomic E-state index is 11.0. The monoisotopic (exact) mass is 148 g/mol. The van der Waals surface area contributed by atoms with Crippen LogP contribution in [0.5, 0.6) is 0 Å². The van der Waals surface area contributed by atoms with Gasteiger partial charge in [-0.25, -0.2) is 8.42 Å². The Bertz CT molecular complexity index is 193. The summed E-state index contributed by atoms with van der Waals surface area (Å²) in [6, 6.07) is 0. The normalized spacial score (nSPS) is 41.1. The summed E-state index contributed by atoms with van der Waals surface area (Å²) in [6.07, 6.45) is 0.851. The Morgan fingerprint density at radius 2 is 1.89 bits per heavy atom. The molecule has 1 aliphatic heterocycles. The maximum absolute atomic E-state index is 11.0. The fourth-order valence-electron chi connectivity index (χ4n) is 1.12. The van der Waals surface area contributed by atoms with Crippen molar-refractivity contribution in [3.05, 3.63) is 0 Å². The number of hydrogen-bond acceptors (Lipinski definition) is 2. The maximum Gasteiger partial charge on any atom is 0.153 e. The molecule has 9 heavy (non-hydrogen) atoms. The Balaban J connectivity index is 2.87. The van der Waals surface area contributed by atoms with Crippen LogP contribution in [0.4, 0.5) is 0 Å². The van der Waals surface area contributed by atoms with E-state index in [0.717, 1.165) is 6.42 Å². The van der Waals surface area contributed by atoms with E-state index in [1.165, 1.54) is 0 Å². The molecule has 0 aliphatic carbocycles. The molecule has 0 saturated carbocycles. The average Bonchev–Trinajstić information content (AvgIpc) is 1.97. The van der Waals surface area contributed by atoms with Gasteiger partial charge < -0.3 is 0 Å². The standard InChI is InChI=1S/C6H12O2S/c1-5-3-4-9(7,8)6(5)2/h5-6H,3-4H2,1-2H3/t5-,6?/m0/s1. The molecular formula is C6H12O2S. The van der Waals surface area contributed by atoms with Gasteiger partial charge in [-0.15, -0.1) is 0 Å². The van der Waals surface area contributed by atoms with E-state index >= 15 is 0 Å². The first kappa shape index (κ1) is 7.06. The van der Waals surface area contributed by atoms with Crippen LogP contribution in [0.3, 0.4) is 0 Å². The van der Waals surface area contributed by atoms with Gasteiger partial charge in [0.2, 0.25) is 0 Å². The Hall–Kier alpha value is -0.0500. The second-order valence-electron chi connectivity index (χ2n) is 2.84. The molecule has 1 unspecified atom stereocenters. The highest BCUT2D eigenvalue weighted by atomic mass is 32.2. The van der Waals surface area contributed by atoms with Crippen LogP contribution in [0.2, 0.25) is 0 Å². The highest BCUT2D eigenvalue weighted by molar-refractivity contribution is 7.92. The number of sulfone groups is 1. The molecule has 2 atom stereocenters. The summed E-state index contributed by atoms with van der Waals surface area (Å²) in [5.41, 5.74) is 0. The summed E-state index contributed by atoms with van der Waals surface area (Å²) in [6.45, 7) is 3.79. The average molecular weight is 148 g/mol. The van der Waals surface area contributed by atoms with Gasteiger partial charge in [-0.1, -0.05) is 6.92 Å². The summed E-state index contributed by atoms with van der Waals surface area (Å²) in [5, 5.41) is -0.0995. The third kappa shape index (κ3) is 1.11. The van der Waals surface area contributed by atoms with E-state index in [1.54, 1.807) is 6.92 Å². The fraction of sp³-hybridized carbons (Fsp3) is 1.00. The van der Waals surface area contributed by atoms with Crippen LogP contribution in [-0.2, 0) is 9.84 Å². The van der Waals surface area contributed by atoms with Crippen LogP contribution < -0.4 is 0 Å². The molecular weight excluding hydrogens is 136 g/mol. The molecule has 1 aliphatic rings. The minimum absolute atomic E-state index is 0.0995. The van der Waals surface area contributed by atoms with Gasteiger partial charge in [0, 0.05) is 0 Å². The molecule has 0 aromatic rings. The van der Waals surface area contributed by atoms with Crippen molar-refractivity contribution in [1.29, 1.82) is 0 Å². The zero-order chi connectivity index (χ0) is 7.07. The molecule has 1 rings (SSSR count). The Morgan fingerprint density at radius 1 is 1.33 bits per heavy atom. The van der Waals surface area contributed by atoms with E-state index in [0.29, 0.717) is 11.7 Å². The smallest absolute Gasteiger partial charge is 0.153 e. The van der Waals surface area contributed by atoms with Crippen molar-refractivity contribution in [2.24, 2.45) is 5.92 Å². The third-order valence-electron chi connectivity index (χ3n) is 2.23. The number of rotatable bonds is 0. The van der Waals surface area contributed by atoms with Gasteiger partial charge in [0.1, 0.15) is 0 Å². The van der Waals surface area contributed by atoms with Gasteiger partial charge in [-0.2, -0.15) is 0 Å². The van der Waals surface area contributed by atoms with Crippen molar-refractivity contribution < 1.29 is 8.42 Å². The quantitative estimate of drug-likeness (QED) is 0.510. The van der Waals surface area contributed by atoms with Gasteiger partial charge in [-0.05, 0) is 19.3 Å². The topological polar surface area (TPSA) is 34.1 Å². The molecule has 54 valence electrons. The van der Waals surface area contributed by atoms with Crippen molar-refractivity contribution in [3.63, 3.8) is 0 Å². The molecule has 0 N–H and O–H groups in total. The molecule has 1 heterocycles. The van der Waals surface area contributed by atoms with Crippen molar-refractivity contribution in [3.8, 4) is 0 Å². The molecule has 1 saturated heterocycles. The van der Waals surface area contributed by atoms with Crippen LogP contribution in [0, 0.1) is 5.92 Å². The minimum Gasteiger partial charge on any atom is -0.229 e. The molecule has 0 spiro atoms. The molecule has 2 nitrogen and oxygen atoms in total. The van der Waals surface area contributed by atoms with Crippen molar-refractivity contribution in [1.82, 2.24) is 0 Å². The second-order valence-corrected chi connectivity index (χ2v) is 5.32. The van der Waals surface area contributed by atoms with Gasteiger partial charge in [-0.3, -0.25) is 0 Å². The van der Waals surface area contributed by atoms with Crippen molar-refractivity contribution >= 4 is 9.84 Å². The molecule has 1 fully saturated rings. The predicted molar refractivity (Wildman–Crippen MR) is 37.0 cm³/mol. The Kier molecular flexibility index (Phi) is 1.55. The first-order chi connectivity index (χ1) is 4.04. The largest absolute Gasteiger partial charge is 0.229 e. The van der Waals surface area contributed by atoms with Crippen LogP contribution in [-0.4, -0.2) is 19.4 Å². The van der Waals surface area contributed by atoms with Gasteiger partial charge in [0.25, 0.3) is 0 Å². The zero-order valence-electron chi connectivity index (χ0n) is 5.79. The highest BCUT2D eigenvalue weighted by Crippen LogP contribution is 2.25. The fourth-order valence-corrected chi connectivity index (χ4v) is 3.04. The SMILES string of the molecule is CC1[C@@H](C)CCS1(=O)=O. The van der Waals surface area contributed by atoms with Crippen molar-refractivity contribution in [2.75, 3.05) is 5.75 Å². The van der Waals surface area contributed by atoms with Crippen LogP contribution in [0.1, 0.15) is 20.3 Å². The third-order valence-corrected chi connectivity index (χ3v) is 4.63. The minimum atomic E-state index is -2.67. The van der Waals surface area contributed by atoms with E-state index in [1.807, 2.05) is 6.92 Å². The highest BCUT2D eigenvalue weighted by Gasteiger charge is 2.33. The van der Waals surface area contributed by atoms with Gasteiger partial charge in [0.15, 0.2) is 9.84 Å². The lowest BCUT2D eigenvalue weighted by Gasteiger charge is -2.05. The first-order valence-corrected chi connectivity index (χ1v) is 4.97. The van der Waals surface area contributed by atoms with E-state index in [2.05, 4.69) is 0 Å². The van der Waals surface area contributed by atoms with E-state index in [9.17, 15) is 8.42 Å². The summed E-state index contributed by atoms with van der Waals surface area (Å²) < 4.78 is 21.9. The van der Waals surface area contributed by atoms with Crippen LogP contribution in [0.15, 0.2) is 0 Å². The van der Waals surface area contributed by atoms with E-state index in [4.69, 9.17) is 0 Å². The zero-order valence-corrected chi connectivity index (χ0v) is 6.61. The number of hydrogen-bond donors (Lipinski definition) is 0. The summed E-state index contributed by atoms with van der Waals surface area (Å²) >= 11 is 0. The van der Waals surface area contributed by atoms with Crippen LogP contribution >= 0.6 is 0 Å². The second kappa shape index (κ2) is 1.97. The Labute approximate surface area is 56.2 Å². The molecule has 0 aromatic carbocycles. The predicted octanol–water partition coefficient (Wildman–Crippen LogP) is 0.830. The summed E-state index contributed by atoms with van der Waals surface area (Å²) in [4.78, 5) is 0.